The SMILES string of the molecule is S=C(NC[C@H]1CCCO1)N/N=C\c1ccc2c(c1)OCCO2. The van der Waals surface area contributed by atoms with Gasteiger partial charge in [-0.05, 0) is 48.8 Å². The van der Waals surface area contributed by atoms with E-state index in [-0.39, 0.29) is 6.10 Å². The van der Waals surface area contributed by atoms with Crippen molar-refractivity contribution in [3.8, 4) is 11.5 Å². The first kappa shape index (κ1) is 15.1. The summed E-state index contributed by atoms with van der Waals surface area (Å²) in [4.78, 5) is 0. The van der Waals surface area contributed by atoms with E-state index in [4.69, 9.17) is 26.4 Å². The van der Waals surface area contributed by atoms with Gasteiger partial charge in [-0.25, -0.2) is 0 Å². The Morgan fingerprint density at radius 3 is 2.95 bits per heavy atom. The summed E-state index contributed by atoms with van der Waals surface area (Å²) in [5.41, 5.74) is 3.71. The van der Waals surface area contributed by atoms with Crippen LogP contribution in [0.3, 0.4) is 0 Å². The molecular weight excluding hydrogens is 302 g/mol. The number of benzene rings is 1. The zero-order valence-corrected chi connectivity index (χ0v) is 13.0. The number of nitrogens with zero attached hydrogens (tertiary/aromatic N) is 1. The molecule has 2 aliphatic heterocycles. The summed E-state index contributed by atoms with van der Waals surface area (Å²) in [5, 5.41) is 7.71. The molecule has 0 bridgehead atoms. The van der Waals surface area contributed by atoms with Gasteiger partial charge in [0, 0.05) is 13.2 Å². The second-order valence-electron chi connectivity index (χ2n) is 5.12. The van der Waals surface area contributed by atoms with Crippen molar-refractivity contribution in [2.75, 3.05) is 26.4 Å². The van der Waals surface area contributed by atoms with Crippen LogP contribution in [0.4, 0.5) is 0 Å². The molecule has 118 valence electrons. The van der Waals surface area contributed by atoms with Crippen molar-refractivity contribution in [2.24, 2.45) is 5.10 Å². The number of hydrogen-bond donors (Lipinski definition) is 2. The van der Waals surface area contributed by atoms with Crippen LogP contribution in [0.15, 0.2) is 23.3 Å². The van der Waals surface area contributed by atoms with Gasteiger partial charge >= 0.3 is 0 Å². The Labute approximate surface area is 134 Å². The highest BCUT2D eigenvalue weighted by Crippen LogP contribution is 2.30. The summed E-state index contributed by atoms with van der Waals surface area (Å²) < 4.78 is 16.5. The van der Waals surface area contributed by atoms with Gasteiger partial charge in [-0.3, -0.25) is 5.43 Å². The van der Waals surface area contributed by atoms with Gasteiger partial charge in [0.25, 0.3) is 0 Å². The number of thiocarbonyl (C=S) groups is 1. The molecule has 1 fully saturated rings. The van der Waals surface area contributed by atoms with Crippen LogP contribution in [0.2, 0.25) is 0 Å². The zero-order chi connectivity index (χ0) is 15.2. The Bertz CT molecular complexity index is 559. The van der Waals surface area contributed by atoms with Gasteiger partial charge < -0.3 is 19.5 Å². The van der Waals surface area contributed by atoms with Crippen LogP contribution < -0.4 is 20.2 Å². The van der Waals surface area contributed by atoms with E-state index in [1.54, 1.807) is 6.21 Å². The van der Waals surface area contributed by atoms with Gasteiger partial charge in [0.2, 0.25) is 0 Å². The summed E-state index contributed by atoms with van der Waals surface area (Å²) in [6, 6.07) is 5.69. The van der Waals surface area contributed by atoms with E-state index in [9.17, 15) is 0 Å². The zero-order valence-electron chi connectivity index (χ0n) is 12.2. The molecule has 0 saturated carbocycles. The molecule has 0 unspecified atom stereocenters. The summed E-state index contributed by atoms with van der Waals surface area (Å²) in [6.45, 7) is 2.72. The first-order valence-electron chi connectivity index (χ1n) is 7.39. The number of hydrogen-bond acceptors (Lipinski definition) is 5. The van der Waals surface area contributed by atoms with Crippen molar-refractivity contribution in [1.82, 2.24) is 10.7 Å². The third-order valence-electron chi connectivity index (χ3n) is 3.46. The Kier molecular flexibility index (Phi) is 5.07. The second kappa shape index (κ2) is 7.42. The van der Waals surface area contributed by atoms with E-state index in [1.807, 2.05) is 18.2 Å². The smallest absolute Gasteiger partial charge is 0.187 e. The molecular formula is C15H19N3O3S. The highest BCUT2D eigenvalue weighted by Gasteiger charge is 2.15. The molecule has 0 spiro atoms. The minimum Gasteiger partial charge on any atom is -0.486 e. The first-order valence-corrected chi connectivity index (χ1v) is 7.80. The number of fused-ring (bicyclic) bond motifs is 1. The minimum absolute atomic E-state index is 0.251. The second-order valence-corrected chi connectivity index (χ2v) is 5.53. The lowest BCUT2D eigenvalue weighted by Crippen LogP contribution is -2.37. The summed E-state index contributed by atoms with van der Waals surface area (Å²) in [5.74, 6) is 1.51. The first-order chi connectivity index (χ1) is 10.8. The summed E-state index contributed by atoms with van der Waals surface area (Å²) >= 11 is 5.17. The molecule has 0 aliphatic carbocycles. The molecule has 2 aliphatic rings. The normalized spacial score (nSPS) is 20.1. The maximum atomic E-state index is 5.53. The molecule has 3 rings (SSSR count). The van der Waals surface area contributed by atoms with Gasteiger partial charge in [-0.1, -0.05) is 0 Å². The fourth-order valence-electron chi connectivity index (χ4n) is 2.36. The molecule has 1 aromatic rings. The average Bonchev–Trinajstić information content (AvgIpc) is 3.06. The van der Waals surface area contributed by atoms with Crippen LogP contribution in [0.25, 0.3) is 0 Å². The van der Waals surface area contributed by atoms with E-state index in [0.29, 0.717) is 24.9 Å². The molecule has 1 aromatic carbocycles. The molecule has 2 N–H and O–H groups in total. The predicted molar refractivity (Wildman–Crippen MR) is 87.7 cm³/mol. The Morgan fingerprint density at radius 1 is 1.27 bits per heavy atom. The van der Waals surface area contributed by atoms with E-state index in [1.165, 1.54) is 0 Å². The molecule has 0 amide bonds. The molecule has 0 radical (unpaired) electrons. The van der Waals surface area contributed by atoms with Crippen molar-refractivity contribution in [3.05, 3.63) is 23.8 Å². The highest BCUT2D eigenvalue weighted by molar-refractivity contribution is 7.80. The van der Waals surface area contributed by atoms with Gasteiger partial charge in [0.05, 0.1) is 12.3 Å². The van der Waals surface area contributed by atoms with E-state index < -0.39 is 0 Å². The maximum Gasteiger partial charge on any atom is 0.187 e. The summed E-state index contributed by atoms with van der Waals surface area (Å²) in [7, 11) is 0. The van der Waals surface area contributed by atoms with Gasteiger partial charge in [0.15, 0.2) is 16.6 Å². The predicted octanol–water partition coefficient (Wildman–Crippen LogP) is 1.43. The molecule has 1 atom stereocenters. The van der Waals surface area contributed by atoms with Gasteiger partial charge in [0.1, 0.15) is 13.2 Å². The van der Waals surface area contributed by atoms with Crippen LogP contribution >= 0.6 is 12.2 Å². The van der Waals surface area contributed by atoms with Crippen LogP contribution in [0.1, 0.15) is 18.4 Å². The number of ether oxygens (including phenoxy) is 3. The molecule has 6 nitrogen and oxygen atoms in total. The minimum atomic E-state index is 0.251. The summed E-state index contributed by atoms with van der Waals surface area (Å²) in [6.07, 6.45) is 4.14. The highest BCUT2D eigenvalue weighted by atomic mass is 32.1. The largest absolute Gasteiger partial charge is 0.486 e. The third-order valence-corrected chi connectivity index (χ3v) is 3.70. The Hall–Kier alpha value is -1.86. The van der Waals surface area contributed by atoms with Gasteiger partial charge in [-0.15, -0.1) is 0 Å². The van der Waals surface area contributed by atoms with E-state index in [2.05, 4.69) is 15.8 Å². The van der Waals surface area contributed by atoms with Gasteiger partial charge in [-0.2, -0.15) is 5.10 Å². The van der Waals surface area contributed by atoms with Crippen molar-refractivity contribution in [3.63, 3.8) is 0 Å². The fraction of sp³-hybridized carbons (Fsp3) is 0.467. The number of rotatable bonds is 4. The Balaban J connectivity index is 1.46. The van der Waals surface area contributed by atoms with Crippen molar-refractivity contribution >= 4 is 23.5 Å². The quantitative estimate of drug-likeness (QED) is 0.497. The number of hydrazone groups is 1. The lowest BCUT2D eigenvalue weighted by Gasteiger charge is -2.18. The van der Waals surface area contributed by atoms with Crippen LogP contribution in [-0.4, -0.2) is 43.8 Å². The lowest BCUT2D eigenvalue weighted by atomic mass is 10.2. The van der Waals surface area contributed by atoms with Crippen molar-refractivity contribution in [2.45, 2.75) is 18.9 Å². The maximum absolute atomic E-state index is 5.53. The van der Waals surface area contributed by atoms with E-state index >= 15 is 0 Å². The monoisotopic (exact) mass is 321 g/mol. The van der Waals surface area contributed by atoms with Crippen LogP contribution in [0, 0.1) is 0 Å². The molecule has 22 heavy (non-hydrogen) atoms. The van der Waals surface area contributed by atoms with Crippen LogP contribution in [-0.2, 0) is 4.74 Å². The molecule has 7 heteroatoms. The third kappa shape index (κ3) is 4.08. The van der Waals surface area contributed by atoms with E-state index in [0.717, 1.165) is 36.5 Å². The average molecular weight is 321 g/mol. The number of nitrogens with one attached hydrogen (secondary N) is 2. The van der Waals surface area contributed by atoms with Crippen molar-refractivity contribution < 1.29 is 14.2 Å². The fourth-order valence-corrected chi connectivity index (χ4v) is 2.49. The van der Waals surface area contributed by atoms with Crippen molar-refractivity contribution in [1.29, 1.82) is 0 Å². The standard InChI is InChI=1S/C15H19N3O3S/c22-15(16-10-12-2-1-5-19-12)18-17-9-11-3-4-13-14(8-11)21-7-6-20-13/h3-4,8-9,12H,1-2,5-7,10H2,(H2,16,18,22)/b17-9-/t12-/m1/s1. The Morgan fingerprint density at radius 2 is 2.14 bits per heavy atom. The molecule has 1 saturated heterocycles. The lowest BCUT2D eigenvalue weighted by molar-refractivity contribution is 0.114. The molecule has 0 aromatic heterocycles. The topological polar surface area (TPSA) is 64.1 Å². The van der Waals surface area contributed by atoms with Crippen LogP contribution in [0.5, 0.6) is 11.5 Å². The molecule has 2 heterocycles.